The topological polar surface area (TPSA) is 50.8 Å². The molecule has 140 valence electrons. The van der Waals surface area contributed by atoms with Crippen LogP contribution in [0.2, 0.25) is 0 Å². The largest absolute Gasteiger partial charge is 0.573 e. The van der Waals surface area contributed by atoms with Crippen molar-refractivity contribution in [2.75, 3.05) is 19.6 Å². The van der Waals surface area contributed by atoms with Crippen LogP contribution >= 0.6 is 0 Å². The molecular formula is C17H23F3N2O3. The Morgan fingerprint density at radius 2 is 1.88 bits per heavy atom. The molecule has 1 aliphatic heterocycles. The maximum atomic E-state index is 12.2. The van der Waals surface area contributed by atoms with Crippen LogP contribution < -0.4 is 10.1 Å². The Hall–Kier alpha value is -1.96. The molecule has 2 rings (SSSR count). The molecule has 1 N–H and O–H groups in total. The van der Waals surface area contributed by atoms with Crippen molar-refractivity contribution < 1.29 is 27.4 Å². The van der Waals surface area contributed by atoms with Crippen LogP contribution in [0.25, 0.3) is 0 Å². The van der Waals surface area contributed by atoms with Gasteiger partial charge in [-0.2, -0.15) is 0 Å². The average Bonchev–Trinajstić information content (AvgIpc) is 2.46. The Morgan fingerprint density at radius 3 is 2.44 bits per heavy atom. The van der Waals surface area contributed by atoms with Gasteiger partial charge in [0.05, 0.1) is 0 Å². The molecule has 0 bridgehead atoms. The molecule has 1 aromatic carbocycles. The van der Waals surface area contributed by atoms with E-state index >= 15 is 0 Å². The summed E-state index contributed by atoms with van der Waals surface area (Å²) in [6, 6.07) is 5.77. The van der Waals surface area contributed by atoms with E-state index in [-0.39, 0.29) is 17.9 Å². The number of halogens is 3. The molecule has 0 spiro atoms. The predicted octanol–water partition coefficient (Wildman–Crippen LogP) is 3.34. The number of carbonyl (C=O) groups is 1. The number of piperazine rings is 1. The molecule has 0 aliphatic carbocycles. The third-order valence-corrected chi connectivity index (χ3v) is 3.55. The number of carbonyl (C=O) groups excluding carboxylic acids is 1. The van der Waals surface area contributed by atoms with E-state index in [1.54, 1.807) is 17.0 Å². The number of ether oxygens (including phenoxy) is 2. The number of hydrogen-bond donors (Lipinski definition) is 1. The summed E-state index contributed by atoms with van der Waals surface area (Å²) in [7, 11) is 0. The second-order valence-corrected chi connectivity index (χ2v) is 6.97. The average molecular weight is 360 g/mol. The van der Waals surface area contributed by atoms with E-state index in [1.807, 2.05) is 20.8 Å². The maximum Gasteiger partial charge on any atom is 0.573 e. The lowest BCUT2D eigenvalue weighted by atomic mass is 10.0. The van der Waals surface area contributed by atoms with Gasteiger partial charge in [0.1, 0.15) is 11.4 Å². The maximum absolute atomic E-state index is 12.2. The van der Waals surface area contributed by atoms with Gasteiger partial charge in [0.2, 0.25) is 0 Å². The highest BCUT2D eigenvalue weighted by molar-refractivity contribution is 5.68. The number of hydrogen-bond acceptors (Lipinski definition) is 4. The molecule has 25 heavy (non-hydrogen) atoms. The fourth-order valence-corrected chi connectivity index (χ4v) is 2.57. The first-order chi connectivity index (χ1) is 11.5. The van der Waals surface area contributed by atoms with Crippen molar-refractivity contribution in [1.29, 1.82) is 0 Å². The molecule has 8 heteroatoms. The lowest BCUT2D eigenvalue weighted by Gasteiger charge is -2.35. The number of nitrogens with zero attached hydrogens (tertiary/aromatic N) is 1. The quantitative estimate of drug-likeness (QED) is 0.898. The predicted molar refractivity (Wildman–Crippen MR) is 86.4 cm³/mol. The molecule has 1 fully saturated rings. The molecular weight excluding hydrogens is 337 g/mol. The van der Waals surface area contributed by atoms with Crippen LogP contribution in [0, 0.1) is 0 Å². The molecule has 0 aromatic heterocycles. The van der Waals surface area contributed by atoms with Gasteiger partial charge in [0.15, 0.2) is 0 Å². The lowest BCUT2D eigenvalue weighted by molar-refractivity contribution is -0.274. The summed E-state index contributed by atoms with van der Waals surface area (Å²) in [6.07, 6.45) is -4.46. The van der Waals surface area contributed by atoms with Gasteiger partial charge in [-0.3, -0.25) is 0 Å². The lowest BCUT2D eigenvalue weighted by Crippen LogP contribution is -2.54. The van der Waals surface area contributed by atoms with Gasteiger partial charge in [0, 0.05) is 25.7 Å². The first kappa shape index (κ1) is 19.4. The summed E-state index contributed by atoms with van der Waals surface area (Å²) in [5.74, 6) is -0.247. The van der Waals surface area contributed by atoms with Crippen molar-refractivity contribution in [3.63, 3.8) is 0 Å². The van der Waals surface area contributed by atoms with Crippen molar-refractivity contribution in [3.8, 4) is 5.75 Å². The Bertz CT molecular complexity index is 582. The van der Waals surface area contributed by atoms with Gasteiger partial charge in [-0.15, -0.1) is 13.2 Å². The van der Waals surface area contributed by atoms with Crippen LogP contribution in [-0.4, -0.2) is 48.6 Å². The van der Waals surface area contributed by atoms with Gasteiger partial charge in [-0.05, 0) is 44.9 Å². The van der Waals surface area contributed by atoms with Crippen molar-refractivity contribution in [1.82, 2.24) is 10.2 Å². The highest BCUT2D eigenvalue weighted by Crippen LogP contribution is 2.23. The summed E-state index contributed by atoms with van der Waals surface area (Å²) >= 11 is 0. The molecule has 1 atom stereocenters. The Labute approximate surface area is 145 Å². The fourth-order valence-electron chi connectivity index (χ4n) is 2.57. The third kappa shape index (κ3) is 6.81. The fraction of sp³-hybridized carbons (Fsp3) is 0.588. The van der Waals surface area contributed by atoms with Crippen molar-refractivity contribution in [2.45, 2.75) is 45.2 Å². The molecule has 5 nitrogen and oxygen atoms in total. The number of benzene rings is 1. The zero-order valence-electron chi connectivity index (χ0n) is 14.5. The minimum Gasteiger partial charge on any atom is -0.444 e. The normalized spacial score (nSPS) is 18.8. The van der Waals surface area contributed by atoms with Crippen LogP contribution in [0.3, 0.4) is 0 Å². The SMILES string of the molecule is CC(C)(C)OC(=O)N1CCNC(Cc2ccc(OC(F)(F)F)cc2)C1. The second-order valence-electron chi connectivity index (χ2n) is 6.97. The number of amides is 1. The molecule has 1 saturated heterocycles. The van der Waals surface area contributed by atoms with Crippen LogP contribution in [0.15, 0.2) is 24.3 Å². The molecule has 1 aromatic rings. The summed E-state index contributed by atoms with van der Waals surface area (Å²) in [6.45, 7) is 7.12. The Balaban J connectivity index is 1.91. The highest BCUT2D eigenvalue weighted by Gasteiger charge is 2.31. The van der Waals surface area contributed by atoms with Gasteiger partial charge in [-0.25, -0.2) is 4.79 Å². The van der Waals surface area contributed by atoms with E-state index in [0.717, 1.165) is 5.56 Å². The zero-order chi connectivity index (χ0) is 18.7. The van der Waals surface area contributed by atoms with Crippen LogP contribution in [-0.2, 0) is 11.2 Å². The van der Waals surface area contributed by atoms with E-state index < -0.39 is 12.0 Å². The standard InChI is InChI=1S/C17H23F3N2O3/c1-16(2,3)25-15(23)22-9-8-21-13(11-22)10-12-4-6-14(7-5-12)24-17(18,19)20/h4-7,13,21H,8-11H2,1-3H3. The minimum atomic E-state index is -4.69. The first-order valence-electron chi connectivity index (χ1n) is 8.08. The van der Waals surface area contributed by atoms with Crippen molar-refractivity contribution in [2.24, 2.45) is 0 Å². The monoisotopic (exact) mass is 360 g/mol. The van der Waals surface area contributed by atoms with E-state index in [0.29, 0.717) is 26.1 Å². The van der Waals surface area contributed by atoms with Crippen LogP contribution in [0.4, 0.5) is 18.0 Å². The van der Waals surface area contributed by atoms with E-state index in [9.17, 15) is 18.0 Å². The molecule has 1 heterocycles. The third-order valence-electron chi connectivity index (χ3n) is 3.55. The van der Waals surface area contributed by atoms with E-state index in [4.69, 9.17) is 4.74 Å². The van der Waals surface area contributed by atoms with Gasteiger partial charge in [0.25, 0.3) is 0 Å². The summed E-state index contributed by atoms with van der Waals surface area (Å²) in [5.41, 5.74) is 0.309. The van der Waals surface area contributed by atoms with Crippen LogP contribution in [0.1, 0.15) is 26.3 Å². The smallest absolute Gasteiger partial charge is 0.444 e. The number of alkyl halides is 3. The molecule has 1 unspecified atom stereocenters. The van der Waals surface area contributed by atoms with Crippen molar-refractivity contribution in [3.05, 3.63) is 29.8 Å². The van der Waals surface area contributed by atoms with Gasteiger partial charge >= 0.3 is 12.5 Å². The minimum absolute atomic E-state index is 0.00986. The van der Waals surface area contributed by atoms with E-state index in [1.165, 1.54) is 12.1 Å². The van der Waals surface area contributed by atoms with E-state index in [2.05, 4.69) is 10.1 Å². The van der Waals surface area contributed by atoms with Crippen molar-refractivity contribution >= 4 is 6.09 Å². The van der Waals surface area contributed by atoms with Gasteiger partial charge < -0.3 is 19.7 Å². The summed E-state index contributed by atoms with van der Waals surface area (Å²) in [4.78, 5) is 13.8. The molecule has 0 radical (unpaired) electrons. The molecule has 0 saturated carbocycles. The van der Waals surface area contributed by atoms with Gasteiger partial charge in [-0.1, -0.05) is 12.1 Å². The number of nitrogens with one attached hydrogen (secondary N) is 1. The summed E-state index contributed by atoms with van der Waals surface area (Å²) < 4.78 is 45.7. The molecule has 1 amide bonds. The number of rotatable bonds is 3. The molecule has 1 aliphatic rings. The zero-order valence-corrected chi connectivity index (χ0v) is 14.5. The Kier molecular flexibility index (Phi) is 5.82. The summed E-state index contributed by atoms with van der Waals surface area (Å²) in [5, 5.41) is 3.31. The van der Waals surface area contributed by atoms with Crippen LogP contribution in [0.5, 0.6) is 5.75 Å². The highest BCUT2D eigenvalue weighted by atomic mass is 19.4. The first-order valence-corrected chi connectivity index (χ1v) is 8.08. The second kappa shape index (κ2) is 7.51. The Morgan fingerprint density at radius 1 is 1.24 bits per heavy atom.